The standard InChI is InChI=1S/C21H28N4O2S/c1-15-11-18(16(2)25(15)14-20-5-4-10-27-20)13-23-24-21(28)22-12-17-6-8-19(26-3)9-7-17/h6-9,11,13,20H,4-5,10,12,14H2,1-3H3,(H2,22,24,28)/b23-13-/t20-/m1/s1. The molecule has 28 heavy (non-hydrogen) atoms. The Labute approximate surface area is 171 Å². The lowest BCUT2D eigenvalue weighted by molar-refractivity contribution is 0.0962. The van der Waals surface area contributed by atoms with Gasteiger partial charge in [-0.3, -0.25) is 5.43 Å². The second-order valence-electron chi connectivity index (χ2n) is 6.97. The molecular formula is C21H28N4O2S. The molecule has 1 aliphatic heterocycles. The van der Waals surface area contributed by atoms with Gasteiger partial charge in [-0.2, -0.15) is 5.10 Å². The van der Waals surface area contributed by atoms with Gasteiger partial charge in [0, 0.05) is 36.6 Å². The summed E-state index contributed by atoms with van der Waals surface area (Å²) in [7, 11) is 1.66. The highest BCUT2D eigenvalue weighted by Gasteiger charge is 2.18. The van der Waals surface area contributed by atoms with Gasteiger partial charge in [-0.25, -0.2) is 0 Å². The number of hydrogen-bond donors (Lipinski definition) is 2. The smallest absolute Gasteiger partial charge is 0.187 e. The first-order valence-corrected chi connectivity index (χ1v) is 9.96. The molecule has 150 valence electrons. The number of hydrogen-bond acceptors (Lipinski definition) is 4. The molecular weight excluding hydrogens is 372 g/mol. The van der Waals surface area contributed by atoms with Crippen molar-refractivity contribution in [3.05, 3.63) is 52.8 Å². The summed E-state index contributed by atoms with van der Waals surface area (Å²) in [5, 5.41) is 7.92. The molecule has 0 amide bonds. The largest absolute Gasteiger partial charge is 0.497 e. The van der Waals surface area contributed by atoms with Crippen molar-refractivity contribution in [1.29, 1.82) is 0 Å². The van der Waals surface area contributed by atoms with Gasteiger partial charge in [0.25, 0.3) is 0 Å². The van der Waals surface area contributed by atoms with Crippen LogP contribution in [0.3, 0.4) is 0 Å². The third kappa shape index (κ3) is 5.33. The lowest BCUT2D eigenvalue weighted by atomic mass is 10.2. The van der Waals surface area contributed by atoms with Gasteiger partial charge in [-0.15, -0.1) is 0 Å². The van der Waals surface area contributed by atoms with Crippen LogP contribution in [0.25, 0.3) is 0 Å². The Kier molecular flexibility index (Phi) is 7.06. The fourth-order valence-electron chi connectivity index (χ4n) is 3.36. The quantitative estimate of drug-likeness (QED) is 0.424. The van der Waals surface area contributed by atoms with Crippen molar-refractivity contribution in [2.24, 2.45) is 5.10 Å². The Hall–Kier alpha value is -2.38. The molecule has 2 heterocycles. The molecule has 1 saturated heterocycles. The first-order chi connectivity index (χ1) is 13.6. The van der Waals surface area contributed by atoms with Crippen LogP contribution < -0.4 is 15.5 Å². The Bertz CT molecular complexity index is 824. The van der Waals surface area contributed by atoms with Crippen molar-refractivity contribution < 1.29 is 9.47 Å². The molecule has 0 saturated carbocycles. The van der Waals surface area contributed by atoms with Gasteiger partial charge in [0.2, 0.25) is 0 Å². The predicted octanol–water partition coefficient (Wildman–Crippen LogP) is 3.29. The maximum absolute atomic E-state index is 5.77. The van der Waals surface area contributed by atoms with Crippen LogP contribution in [-0.2, 0) is 17.8 Å². The minimum absolute atomic E-state index is 0.322. The molecule has 1 atom stereocenters. The molecule has 1 aromatic carbocycles. The zero-order valence-corrected chi connectivity index (χ0v) is 17.5. The first-order valence-electron chi connectivity index (χ1n) is 9.55. The highest BCUT2D eigenvalue weighted by Crippen LogP contribution is 2.19. The van der Waals surface area contributed by atoms with Gasteiger partial charge in [0.1, 0.15) is 5.75 Å². The van der Waals surface area contributed by atoms with Crippen LogP contribution in [0.4, 0.5) is 0 Å². The number of nitrogens with one attached hydrogen (secondary N) is 2. The minimum Gasteiger partial charge on any atom is -0.497 e. The van der Waals surface area contributed by atoms with Gasteiger partial charge in [-0.05, 0) is 62.7 Å². The van der Waals surface area contributed by atoms with E-state index in [2.05, 4.69) is 40.3 Å². The summed E-state index contributed by atoms with van der Waals surface area (Å²) in [6.07, 6.45) is 4.43. The van der Waals surface area contributed by atoms with Gasteiger partial charge in [0.15, 0.2) is 5.11 Å². The molecule has 0 spiro atoms. The van der Waals surface area contributed by atoms with E-state index in [0.29, 0.717) is 17.8 Å². The Morgan fingerprint density at radius 3 is 2.82 bits per heavy atom. The minimum atomic E-state index is 0.322. The van der Waals surface area contributed by atoms with Crippen LogP contribution in [0.15, 0.2) is 35.4 Å². The lowest BCUT2D eigenvalue weighted by Crippen LogP contribution is -2.31. The zero-order chi connectivity index (χ0) is 19.9. The number of aromatic nitrogens is 1. The van der Waals surface area contributed by atoms with E-state index in [1.54, 1.807) is 7.11 Å². The molecule has 2 aromatic rings. The summed E-state index contributed by atoms with van der Waals surface area (Å²) in [5.74, 6) is 0.839. The van der Waals surface area contributed by atoms with Gasteiger partial charge < -0.3 is 19.4 Å². The van der Waals surface area contributed by atoms with Crippen molar-refractivity contribution in [2.45, 2.75) is 45.9 Å². The molecule has 0 radical (unpaired) electrons. The van der Waals surface area contributed by atoms with E-state index in [-0.39, 0.29) is 0 Å². The third-order valence-corrected chi connectivity index (χ3v) is 5.24. The van der Waals surface area contributed by atoms with E-state index in [1.807, 2.05) is 30.5 Å². The molecule has 0 aliphatic carbocycles. The summed E-state index contributed by atoms with van der Waals surface area (Å²) in [6.45, 7) is 6.64. The maximum atomic E-state index is 5.77. The summed E-state index contributed by atoms with van der Waals surface area (Å²) in [6, 6.07) is 10.0. The molecule has 3 rings (SSSR count). The van der Waals surface area contributed by atoms with Crippen molar-refractivity contribution in [1.82, 2.24) is 15.3 Å². The van der Waals surface area contributed by atoms with E-state index in [4.69, 9.17) is 21.7 Å². The van der Waals surface area contributed by atoms with Gasteiger partial charge in [-0.1, -0.05) is 12.1 Å². The summed E-state index contributed by atoms with van der Waals surface area (Å²) >= 11 is 5.29. The second kappa shape index (κ2) is 9.71. The average Bonchev–Trinajstić information content (AvgIpc) is 3.31. The topological polar surface area (TPSA) is 59.8 Å². The molecule has 1 aromatic heterocycles. The fourth-order valence-corrected chi connectivity index (χ4v) is 3.48. The summed E-state index contributed by atoms with van der Waals surface area (Å²) in [5.41, 5.74) is 7.49. The molecule has 0 bridgehead atoms. The maximum Gasteiger partial charge on any atom is 0.187 e. The number of thiocarbonyl (C=S) groups is 1. The van der Waals surface area contributed by atoms with Gasteiger partial charge >= 0.3 is 0 Å². The molecule has 1 aliphatic rings. The summed E-state index contributed by atoms with van der Waals surface area (Å²) < 4.78 is 13.2. The van der Waals surface area contributed by atoms with Crippen molar-refractivity contribution >= 4 is 23.5 Å². The third-order valence-electron chi connectivity index (χ3n) is 5.00. The highest BCUT2D eigenvalue weighted by molar-refractivity contribution is 7.80. The lowest BCUT2D eigenvalue weighted by Gasteiger charge is -2.14. The number of nitrogens with zero attached hydrogens (tertiary/aromatic N) is 2. The molecule has 2 N–H and O–H groups in total. The molecule has 0 unspecified atom stereocenters. The van der Waals surface area contributed by atoms with Crippen LogP contribution in [0, 0.1) is 13.8 Å². The second-order valence-corrected chi connectivity index (χ2v) is 7.38. The van der Waals surface area contributed by atoms with Crippen LogP contribution in [0.5, 0.6) is 5.75 Å². The van der Waals surface area contributed by atoms with Crippen molar-refractivity contribution in [3.8, 4) is 5.75 Å². The van der Waals surface area contributed by atoms with Crippen LogP contribution >= 0.6 is 12.2 Å². The van der Waals surface area contributed by atoms with E-state index in [1.165, 1.54) is 11.4 Å². The fraction of sp³-hybridized carbons (Fsp3) is 0.429. The monoisotopic (exact) mass is 400 g/mol. The Balaban J connectivity index is 1.50. The van der Waals surface area contributed by atoms with Crippen molar-refractivity contribution in [3.63, 3.8) is 0 Å². The molecule has 6 nitrogen and oxygen atoms in total. The molecule has 7 heteroatoms. The van der Waals surface area contributed by atoms with Crippen LogP contribution in [-0.4, -0.2) is 35.7 Å². The Morgan fingerprint density at radius 1 is 1.36 bits per heavy atom. The Morgan fingerprint density at radius 2 is 2.14 bits per heavy atom. The first kappa shape index (κ1) is 20.4. The van der Waals surface area contributed by atoms with E-state index in [0.717, 1.165) is 42.9 Å². The van der Waals surface area contributed by atoms with Crippen LogP contribution in [0.1, 0.15) is 35.4 Å². The highest BCUT2D eigenvalue weighted by atomic mass is 32.1. The zero-order valence-electron chi connectivity index (χ0n) is 16.7. The number of aryl methyl sites for hydroxylation is 1. The molecule has 1 fully saturated rings. The average molecular weight is 401 g/mol. The number of benzene rings is 1. The van der Waals surface area contributed by atoms with E-state index >= 15 is 0 Å². The van der Waals surface area contributed by atoms with Crippen LogP contribution in [0.2, 0.25) is 0 Å². The SMILES string of the molecule is COc1ccc(CNC(=S)N/N=C\c2cc(C)n(C[C@H]3CCCO3)c2C)cc1. The van der Waals surface area contributed by atoms with Gasteiger partial charge in [0.05, 0.1) is 19.4 Å². The predicted molar refractivity (Wildman–Crippen MR) is 116 cm³/mol. The number of ether oxygens (including phenoxy) is 2. The van der Waals surface area contributed by atoms with E-state index in [9.17, 15) is 0 Å². The number of rotatable bonds is 7. The van der Waals surface area contributed by atoms with Crippen molar-refractivity contribution in [2.75, 3.05) is 13.7 Å². The number of hydrazone groups is 1. The number of methoxy groups -OCH3 is 1. The summed E-state index contributed by atoms with van der Waals surface area (Å²) in [4.78, 5) is 0. The van der Waals surface area contributed by atoms with E-state index < -0.39 is 0 Å². The normalized spacial score (nSPS) is 16.5.